The van der Waals surface area contributed by atoms with Crippen molar-refractivity contribution in [3.63, 3.8) is 0 Å². The Morgan fingerprint density at radius 3 is 2.51 bits per heavy atom. The van der Waals surface area contributed by atoms with E-state index in [0.29, 0.717) is 29.7 Å². The van der Waals surface area contributed by atoms with Crippen molar-refractivity contribution in [2.24, 2.45) is 17.9 Å². The van der Waals surface area contributed by atoms with Crippen LogP contribution in [0.15, 0.2) is 41.0 Å². The first kappa shape index (κ1) is 35.0. The van der Waals surface area contributed by atoms with Crippen LogP contribution < -0.4 is 31.9 Å². The second-order valence-electron chi connectivity index (χ2n) is 10.7. The maximum Gasteiger partial charge on any atom is 0.351 e. The zero-order valence-corrected chi connectivity index (χ0v) is 27.0. The molecule has 1 fully saturated rings. The van der Waals surface area contributed by atoms with Gasteiger partial charge in [0.2, 0.25) is 16.6 Å². The molecule has 8 N–H and O–H groups in total. The number of anilines is 2. The van der Waals surface area contributed by atoms with Gasteiger partial charge in [0.25, 0.3) is 17.9 Å². The lowest BCUT2D eigenvalue weighted by Gasteiger charge is -2.51. The minimum absolute atomic E-state index is 0.0463. The van der Waals surface area contributed by atoms with E-state index in [-0.39, 0.29) is 10.8 Å². The summed E-state index contributed by atoms with van der Waals surface area (Å²) in [6, 6.07) is 5.38. The molecule has 2 atom stereocenters. The normalized spacial score (nSPS) is 16.8. The van der Waals surface area contributed by atoms with Crippen LogP contribution in [0.1, 0.15) is 26.0 Å². The maximum atomic E-state index is 13.2. The number of oxime groups is 1. The van der Waals surface area contributed by atoms with Crippen molar-refractivity contribution in [2.75, 3.05) is 24.6 Å². The van der Waals surface area contributed by atoms with Gasteiger partial charge in [-0.05, 0) is 44.5 Å². The molecule has 1 aromatic carbocycles. The summed E-state index contributed by atoms with van der Waals surface area (Å²) >= 11 is 0.947. The van der Waals surface area contributed by atoms with Gasteiger partial charge in [-0.1, -0.05) is 17.3 Å². The minimum atomic E-state index is -5.27. The van der Waals surface area contributed by atoms with Crippen LogP contribution in [0, 0.1) is 0 Å². The van der Waals surface area contributed by atoms with Crippen molar-refractivity contribution in [3.05, 3.63) is 41.5 Å². The molecular formula is C26H33N9O10S2. The zero-order valence-electron chi connectivity index (χ0n) is 25.4. The van der Waals surface area contributed by atoms with Gasteiger partial charge in [-0.15, -0.1) is 20.7 Å². The van der Waals surface area contributed by atoms with E-state index in [1.165, 1.54) is 19.2 Å². The van der Waals surface area contributed by atoms with Gasteiger partial charge in [-0.2, -0.15) is 9.35 Å². The van der Waals surface area contributed by atoms with Crippen molar-refractivity contribution >= 4 is 56.2 Å². The van der Waals surface area contributed by atoms with E-state index in [1.807, 2.05) is 22.6 Å². The number of β-lactam (4-membered cyclic amide) rings is 1. The van der Waals surface area contributed by atoms with Crippen LogP contribution in [0.4, 0.5) is 10.9 Å². The Kier molecular flexibility index (Phi) is 10.3. The molecule has 0 unspecified atom stereocenters. The van der Waals surface area contributed by atoms with Crippen molar-refractivity contribution in [1.82, 2.24) is 20.0 Å². The fraction of sp³-hybridized carbons (Fsp3) is 0.385. The molecular weight excluding hydrogens is 662 g/mol. The molecule has 1 aliphatic rings. The van der Waals surface area contributed by atoms with Crippen LogP contribution >= 0.6 is 11.3 Å². The molecule has 47 heavy (non-hydrogen) atoms. The van der Waals surface area contributed by atoms with E-state index in [1.54, 1.807) is 24.3 Å². The van der Waals surface area contributed by atoms with Crippen molar-refractivity contribution in [3.8, 4) is 16.9 Å². The number of carboxylic acids is 1. The number of aliphatic carboxylic acids is 1. The lowest BCUT2D eigenvalue weighted by atomic mass is 9.84. The number of hydrogen-bond acceptors (Lipinski definition) is 15. The smallest absolute Gasteiger partial charge is 0.351 e. The molecule has 0 bridgehead atoms. The highest BCUT2D eigenvalue weighted by molar-refractivity contribution is 7.80. The maximum absolute atomic E-state index is 13.2. The van der Waals surface area contributed by atoms with E-state index >= 15 is 0 Å². The van der Waals surface area contributed by atoms with Crippen LogP contribution in [0.5, 0.6) is 5.75 Å². The SMILES string of the molecule is C[n+]1cc(-c2ccc(OC[C@H](O/N=C(\C(=O)N[C@@H]3C(=O)N(OS(=O)(=O)[O-])C3(C)C)c3csc(N)n3)C(=O)O)cc2)c(N)n1CCCN. The average molecular weight is 696 g/mol. The van der Waals surface area contributed by atoms with Crippen LogP contribution in [0.2, 0.25) is 0 Å². The lowest BCUT2D eigenvalue weighted by Crippen LogP contribution is -2.76. The van der Waals surface area contributed by atoms with Gasteiger partial charge in [0, 0.05) is 5.38 Å². The molecule has 1 aliphatic heterocycles. The van der Waals surface area contributed by atoms with Crippen molar-refractivity contribution < 1.29 is 51.0 Å². The number of hydrogen-bond donors (Lipinski definition) is 5. The number of aryl methyl sites for hydroxylation is 1. The van der Waals surface area contributed by atoms with Crippen LogP contribution in [-0.4, -0.2) is 87.1 Å². The third-order valence-electron chi connectivity index (χ3n) is 7.04. The summed E-state index contributed by atoms with van der Waals surface area (Å²) in [5.41, 5.74) is 17.1. The number of aromatic nitrogens is 3. The fourth-order valence-electron chi connectivity index (χ4n) is 4.56. The molecule has 254 valence electrons. The Hall–Kier alpha value is -4.83. The highest BCUT2D eigenvalue weighted by Gasteiger charge is 2.57. The van der Waals surface area contributed by atoms with Crippen molar-refractivity contribution in [2.45, 2.75) is 44.5 Å². The van der Waals surface area contributed by atoms with Gasteiger partial charge >= 0.3 is 5.97 Å². The minimum Gasteiger partial charge on any atom is -0.724 e. The molecule has 0 radical (unpaired) electrons. The number of nitrogen functional groups attached to an aromatic ring is 2. The highest BCUT2D eigenvalue weighted by Crippen LogP contribution is 2.33. The van der Waals surface area contributed by atoms with E-state index in [0.717, 1.165) is 28.9 Å². The number of benzene rings is 1. The first-order valence-electron chi connectivity index (χ1n) is 13.8. The lowest BCUT2D eigenvalue weighted by molar-refractivity contribution is -0.752. The van der Waals surface area contributed by atoms with Gasteiger partial charge in [0.05, 0.1) is 17.6 Å². The zero-order chi connectivity index (χ0) is 34.7. The number of carboxylic acid groups (broad SMARTS) is 1. The summed E-state index contributed by atoms with van der Waals surface area (Å²) in [4.78, 5) is 46.8. The Balaban J connectivity index is 1.46. The molecule has 3 aromatic rings. The molecule has 3 heterocycles. The van der Waals surface area contributed by atoms with E-state index < -0.39 is 58.2 Å². The van der Waals surface area contributed by atoms with Crippen LogP contribution in [-0.2, 0) is 47.5 Å². The summed E-state index contributed by atoms with van der Waals surface area (Å²) in [5, 5.41) is 17.5. The molecule has 1 saturated heterocycles. The van der Waals surface area contributed by atoms with Crippen LogP contribution in [0.3, 0.4) is 0 Å². The van der Waals surface area contributed by atoms with Gasteiger partial charge in [0.15, 0.2) is 23.7 Å². The Morgan fingerprint density at radius 1 is 1.28 bits per heavy atom. The number of carbonyl (C=O) groups excluding carboxylic acids is 2. The van der Waals surface area contributed by atoms with Crippen LogP contribution in [0.25, 0.3) is 11.1 Å². The molecule has 0 aliphatic carbocycles. The number of thiazole rings is 1. The number of nitrogens with two attached hydrogens (primary N) is 3. The monoisotopic (exact) mass is 695 g/mol. The molecule has 0 spiro atoms. The second-order valence-corrected chi connectivity index (χ2v) is 12.6. The summed E-state index contributed by atoms with van der Waals surface area (Å²) in [6.07, 6.45) is 0.928. The predicted molar refractivity (Wildman–Crippen MR) is 164 cm³/mol. The van der Waals surface area contributed by atoms with Gasteiger partial charge < -0.3 is 41.8 Å². The van der Waals surface area contributed by atoms with Gasteiger partial charge in [-0.3, -0.25) is 9.59 Å². The molecule has 21 heteroatoms. The summed E-state index contributed by atoms with van der Waals surface area (Å²) in [7, 11) is -3.41. The standard InChI is InChI=1S/C26H33N9O10S2/c1-26(2)20(23(37)35(26)45-47(40,41)42)31-22(36)19(17-13-46-25(29)30-17)32-44-18(24(38)39)12-43-15-7-5-14(6-8-15)16-11-33(3)34(21(16)28)10-4-9-27/h5-8,11,13,18,20,28H,4,9-10,12,27H2,1-3H3,(H5,29,30,31,36,38,39,40,41,42)/b32-19-/t18-,20+/m0/s1. The van der Waals surface area contributed by atoms with E-state index in [4.69, 9.17) is 26.8 Å². The number of carbonyl (C=O) groups is 3. The quantitative estimate of drug-likeness (QED) is 0.0309. The number of ether oxygens (including phenoxy) is 1. The number of nitrogens with one attached hydrogen (secondary N) is 1. The third-order valence-corrected chi connectivity index (χ3v) is 8.04. The Bertz CT molecular complexity index is 1790. The topological polar surface area (TPSA) is 284 Å². The summed E-state index contributed by atoms with van der Waals surface area (Å²) < 4.78 is 46.5. The van der Waals surface area contributed by atoms with E-state index in [9.17, 15) is 32.5 Å². The first-order chi connectivity index (χ1) is 22.0. The summed E-state index contributed by atoms with van der Waals surface area (Å²) in [6.45, 7) is 3.31. The van der Waals surface area contributed by atoms with Gasteiger partial charge in [-0.25, -0.2) is 18.2 Å². The number of hydroxylamine groups is 2. The Labute approximate surface area is 272 Å². The third kappa shape index (κ3) is 7.94. The van der Waals surface area contributed by atoms with Gasteiger partial charge in [0.1, 0.15) is 24.1 Å². The number of rotatable bonds is 15. The second kappa shape index (κ2) is 13.9. The average Bonchev–Trinajstić information content (AvgIpc) is 3.56. The molecule has 19 nitrogen and oxygen atoms in total. The molecule has 4 rings (SSSR count). The highest BCUT2D eigenvalue weighted by atomic mass is 32.3. The first-order valence-corrected chi connectivity index (χ1v) is 16.0. The molecule has 0 saturated carbocycles. The number of nitrogens with zero attached hydrogens (tertiary/aromatic N) is 5. The largest absolute Gasteiger partial charge is 0.724 e. The summed E-state index contributed by atoms with van der Waals surface area (Å²) in [5.74, 6) is -2.69. The van der Waals surface area contributed by atoms with Crippen molar-refractivity contribution in [1.29, 1.82) is 0 Å². The number of amides is 2. The molecule has 2 amide bonds. The van der Waals surface area contributed by atoms with E-state index in [2.05, 4.69) is 19.7 Å². The Morgan fingerprint density at radius 2 is 1.96 bits per heavy atom. The molecule has 2 aromatic heterocycles. The fourth-order valence-corrected chi connectivity index (χ4v) is 5.55. The predicted octanol–water partition coefficient (Wildman–Crippen LogP) is -1.30.